The second-order valence-corrected chi connectivity index (χ2v) is 4.61. The van der Waals surface area contributed by atoms with Crippen LogP contribution >= 0.6 is 23.2 Å². The van der Waals surface area contributed by atoms with E-state index in [4.69, 9.17) is 23.2 Å². The van der Waals surface area contributed by atoms with E-state index in [-0.39, 0.29) is 5.28 Å². The molecule has 0 N–H and O–H groups in total. The predicted molar refractivity (Wildman–Crippen MR) is 71.4 cm³/mol. The van der Waals surface area contributed by atoms with Gasteiger partial charge in [-0.2, -0.15) is 10.1 Å². The third-order valence-electron chi connectivity index (χ3n) is 2.63. The highest BCUT2D eigenvalue weighted by molar-refractivity contribution is 6.35. The quantitative estimate of drug-likeness (QED) is 0.506. The largest absolute Gasteiger partial charge is 0.225 e. The Labute approximate surface area is 113 Å². The van der Waals surface area contributed by atoms with E-state index in [1.54, 1.807) is 10.9 Å². The first-order valence-corrected chi connectivity index (χ1v) is 6.04. The molecule has 0 fully saturated rings. The summed E-state index contributed by atoms with van der Waals surface area (Å²) in [7, 11) is 0. The lowest BCUT2D eigenvalue weighted by molar-refractivity contribution is 0.894. The number of rotatable bonds is 1. The standard InChI is InChI=1S/C12H8Cl2N4/c1-7-2-4-8(5-3-7)18-11-9(6-15-18)10(13)16-12(14)17-11/h2-6H,1H3. The summed E-state index contributed by atoms with van der Waals surface area (Å²) in [6, 6.07) is 7.94. The molecule has 2 aromatic heterocycles. The third kappa shape index (κ3) is 1.83. The maximum atomic E-state index is 6.00. The van der Waals surface area contributed by atoms with Crippen LogP contribution in [0.2, 0.25) is 10.4 Å². The van der Waals surface area contributed by atoms with Crippen LogP contribution in [0.25, 0.3) is 16.7 Å². The summed E-state index contributed by atoms with van der Waals surface area (Å²) in [6.45, 7) is 2.03. The highest BCUT2D eigenvalue weighted by Crippen LogP contribution is 2.23. The lowest BCUT2D eigenvalue weighted by atomic mass is 10.2. The van der Waals surface area contributed by atoms with Crippen molar-refractivity contribution in [3.05, 3.63) is 46.5 Å². The van der Waals surface area contributed by atoms with Crippen LogP contribution in [0.3, 0.4) is 0 Å². The number of hydrogen-bond acceptors (Lipinski definition) is 3. The molecule has 0 saturated carbocycles. The first-order valence-electron chi connectivity index (χ1n) is 5.29. The second-order valence-electron chi connectivity index (χ2n) is 3.91. The van der Waals surface area contributed by atoms with Crippen molar-refractivity contribution < 1.29 is 0 Å². The summed E-state index contributed by atoms with van der Waals surface area (Å²) in [6.07, 6.45) is 1.63. The molecule has 0 aliphatic heterocycles. The van der Waals surface area contributed by atoms with Crippen LogP contribution in [0, 0.1) is 6.92 Å². The molecule has 6 heteroatoms. The van der Waals surface area contributed by atoms with E-state index in [0.717, 1.165) is 5.69 Å². The van der Waals surface area contributed by atoms with Gasteiger partial charge in [-0.25, -0.2) is 9.67 Å². The van der Waals surface area contributed by atoms with E-state index >= 15 is 0 Å². The molecule has 0 aliphatic carbocycles. The van der Waals surface area contributed by atoms with E-state index in [9.17, 15) is 0 Å². The minimum atomic E-state index is 0.112. The van der Waals surface area contributed by atoms with E-state index in [2.05, 4.69) is 15.1 Å². The number of aromatic nitrogens is 4. The first-order chi connectivity index (χ1) is 8.65. The van der Waals surface area contributed by atoms with Gasteiger partial charge < -0.3 is 0 Å². The topological polar surface area (TPSA) is 43.6 Å². The van der Waals surface area contributed by atoms with Gasteiger partial charge in [-0.05, 0) is 30.7 Å². The Hall–Kier alpha value is -1.65. The maximum absolute atomic E-state index is 6.00. The Morgan fingerprint density at radius 1 is 1.06 bits per heavy atom. The van der Waals surface area contributed by atoms with E-state index < -0.39 is 0 Å². The Kier molecular flexibility index (Phi) is 2.69. The smallest absolute Gasteiger partial charge is 0.215 e. The summed E-state index contributed by atoms with van der Waals surface area (Å²) >= 11 is 11.8. The van der Waals surface area contributed by atoms with Crippen molar-refractivity contribution in [1.82, 2.24) is 19.7 Å². The molecule has 0 bridgehead atoms. The van der Waals surface area contributed by atoms with Gasteiger partial charge in [0.1, 0.15) is 5.15 Å². The van der Waals surface area contributed by atoms with Crippen LogP contribution in [0.4, 0.5) is 0 Å². The molecule has 90 valence electrons. The summed E-state index contributed by atoms with van der Waals surface area (Å²) in [5, 5.41) is 5.37. The summed E-state index contributed by atoms with van der Waals surface area (Å²) in [5.41, 5.74) is 2.69. The lowest BCUT2D eigenvalue weighted by Crippen LogP contribution is -1.98. The molecule has 18 heavy (non-hydrogen) atoms. The molecule has 3 aromatic rings. The van der Waals surface area contributed by atoms with Crippen molar-refractivity contribution in [3.8, 4) is 5.69 Å². The monoisotopic (exact) mass is 278 g/mol. The van der Waals surface area contributed by atoms with Crippen molar-refractivity contribution in [1.29, 1.82) is 0 Å². The van der Waals surface area contributed by atoms with Gasteiger partial charge in [0.2, 0.25) is 5.28 Å². The number of aryl methyl sites for hydroxylation is 1. The Bertz CT molecular complexity index is 719. The van der Waals surface area contributed by atoms with E-state index in [1.165, 1.54) is 5.56 Å². The summed E-state index contributed by atoms with van der Waals surface area (Å²) in [4.78, 5) is 8.05. The third-order valence-corrected chi connectivity index (χ3v) is 3.09. The molecule has 0 aliphatic rings. The summed E-state index contributed by atoms with van der Waals surface area (Å²) < 4.78 is 1.69. The number of hydrogen-bond donors (Lipinski definition) is 0. The van der Waals surface area contributed by atoms with Crippen molar-refractivity contribution in [2.24, 2.45) is 0 Å². The van der Waals surface area contributed by atoms with Gasteiger partial charge in [0, 0.05) is 0 Å². The molecule has 0 spiro atoms. The normalized spacial score (nSPS) is 11.1. The predicted octanol–water partition coefficient (Wildman–Crippen LogP) is 3.43. The van der Waals surface area contributed by atoms with E-state index in [1.807, 2.05) is 31.2 Å². The first kappa shape index (κ1) is 11.4. The van der Waals surface area contributed by atoms with Crippen LogP contribution < -0.4 is 0 Å². The van der Waals surface area contributed by atoms with Crippen molar-refractivity contribution in [3.63, 3.8) is 0 Å². The molecule has 2 heterocycles. The van der Waals surface area contributed by atoms with Gasteiger partial charge in [0.05, 0.1) is 17.3 Å². The minimum absolute atomic E-state index is 0.112. The zero-order chi connectivity index (χ0) is 12.7. The zero-order valence-corrected chi connectivity index (χ0v) is 10.9. The molecule has 3 rings (SSSR count). The minimum Gasteiger partial charge on any atom is -0.215 e. The number of benzene rings is 1. The molecular formula is C12H8Cl2N4. The van der Waals surface area contributed by atoms with Crippen LogP contribution in [-0.4, -0.2) is 19.7 Å². The number of nitrogens with zero attached hydrogens (tertiary/aromatic N) is 4. The molecule has 1 aromatic carbocycles. The van der Waals surface area contributed by atoms with Gasteiger partial charge in [-0.1, -0.05) is 29.3 Å². The zero-order valence-electron chi connectivity index (χ0n) is 9.43. The van der Waals surface area contributed by atoms with Gasteiger partial charge in [-0.15, -0.1) is 0 Å². The molecule has 0 saturated heterocycles. The maximum Gasteiger partial charge on any atom is 0.225 e. The average Bonchev–Trinajstić information content (AvgIpc) is 2.74. The summed E-state index contributed by atoms with van der Waals surface area (Å²) in [5.74, 6) is 0. The van der Waals surface area contributed by atoms with Gasteiger partial charge >= 0.3 is 0 Å². The van der Waals surface area contributed by atoms with Crippen LogP contribution in [0.15, 0.2) is 30.5 Å². The van der Waals surface area contributed by atoms with Crippen LogP contribution in [0.1, 0.15) is 5.56 Å². The Morgan fingerprint density at radius 3 is 2.50 bits per heavy atom. The van der Waals surface area contributed by atoms with E-state index in [0.29, 0.717) is 16.2 Å². The molecule has 0 amide bonds. The van der Waals surface area contributed by atoms with Gasteiger partial charge in [0.15, 0.2) is 5.65 Å². The molecule has 4 nitrogen and oxygen atoms in total. The van der Waals surface area contributed by atoms with Crippen molar-refractivity contribution >= 4 is 34.2 Å². The Balaban J connectivity index is 2.27. The fraction of sp³-hybridized carbons (Fsp3) is 0.0833. The molecule has 0 atom stereocenters. The second kappa shape index (κ2) is 4.23. The lowest BCUT2D eigenvalue weighted by Gasteiger charge is -2.03. The molecule has 0 unspecified atom stereocenters. The fourth-order valence-corrected chi connectivity index (χ4v) is 2.14. The molecular weight excluding hydrogens is 271 g/mol. The Morgan fingerprint density at radius 2 is 1.78 bits per heavy atom. The van der Waals surface area contributed by atoms with Crippen molar-refractivity contribution in [2.45, 2.75) is 6.92 Å². The molecule has 0 radical (unpaired) electrons. The van der Waals surface area contributed by atoms with Gasteiger partial charge in [-0.3, -0.25) is 0 Å². The van der Waals surface area contributed by atoms with Crippen molar-refractivity contribution in [2.75, 3.05) is 0 Å². The average molecular weight is 279 g/mol. The highest BCUT2D eigenvalue weighted by atomic mass is 35.5. The fourth-order valence-electron chi connectivity index (χ4n) is 1.72. The van der Waals surface area contributed by atoms with Gasteiger partial charge in [0.25, 0.3) is 0 Å². The van der Waals surface area contributed by atoms with Crippen LogP contribution in [0.5, 0.6) is 0 Å². The number of halogens is 2. The highest BCUT2D eigenvalue weighted by Gasteiger charge is 2.11. The SMILES string of the molecule is Cc1ccc(-n2ncc3c(Cl)nc(Cl)nc32)cc1. The number of fused-ring (bicyclic) bond motifs is 1. The van der Waals surface area contributed by atoms with Crippen LogP contribution in [-0.2, 0) is 0 Å².